The van der Waals surface area contributed by atoms with Crippen molar-refractivity contribution in [3.63, 3.8) is 0 Å². The third-order valence-electron chi connectivity index (χ3n) is 3.14. The van der Waals surface area contributed by atoms with Crippen molar-refractivity contribution < 1.29 is 0 Å². The zero-order valence-electron chi connectivity index (χ0n) is 9.77. The summed E-state index contributed by atoms with van der Waals surface area (Å²) in [4.78, 5) is 2.45. The highest BCUT2D eigenvalue weighted by Gasteiger charge is 2.19. The monoisotopic (exact) mass is 183 g/mol. The molecule has 1 aliphatic heterocycles. The lowest BCUT2D eigenvalue weighted by molar-refractivity contribution is 0.196. The fraction of sp³-hybridized carbons (Fsp3) is 1.00. The highest BCUT2D eigenvalue weighted by Crippen LogP contribution is 2.28. The van der Waals surface area contributed by atoms with Gasteiger partial charge in [-0.25, -0.2) is 0 Å². The summed E-state index contributed by atoms with van der Waals surface area (Å²) in [6.07, 6.45) is 5.68. The fourth-order valence-corrected chi connectivity index (χ4v) is 1.99. The van der Waals surface area contributed by atoms with Crippen molar-refractivity contribution in [3.05, 3.63) is 0 Å². The minimum absolute atomic E-state index is 0.531. The summed E-state index contributed by atoms with van der Waals surface area (Å²) in [6, 6.07) is 0. The van der Waals surface area contributed by atoms with Crippen LogP contribution in [-0.4, -0.2) is 25.0 Å². The minimum Gasteiger partial charge on any atom is -0.306 e. The minimum atomic E-state index is 0.531. The van der Waals surface area contributed by atoms with E-state index in [1.807, 2.05) is 0 Å². The summed E-state index contributed by atoms with van der Waals surface area (Å²) in [7, 11) is 2.24. The van der Waals surface area contributed by atoms with Crippen LogP contribution in [0.15, 0.2) is 0 Å². The lowest BCUT2D eigenvalue weighted by atomic mass is 9.83. The van der Waals surface area contributed by atoms with Crippen LogP contribution in [0, 0.1) is 11.3 Å². The Morgan fingerprint density at radius 1 is 1.15 bits per heavy atom. The van der Waals surface area contributed by atoms with Crippen molar-refractivity contribution in [2.75, 3.05) is 20.1 Å². The Bertz CT molecular complexity index is 138. The van der Waals surface area contributed by atoms with Crippen LogP contribution in [0.5, 0.6) is 0 Å². The molecule has 1 rings (SSSR count). The lowest BCUT2D eigenvalue weighted by Gasteiger charge is -2.30. The molecule has 0 unspecified atom stereocenters. The third kappa shape index (κ3) is 4.66. The fourth-order valence-electron chi connectivity index (χ4n) is 1.99. The van der Waals surface area contributed by atoms with E-state index in [0.717, 1.165) is 5.92 Å². The molecule has 78 valence electrons. The Morgan fingerprint density at radius 3 is 2.15 bits per heavy atom. The van der Waals surface area contributed by atoms with Gasteiger partial charge in [-0.05, 0) is 57.2 Å². The van der Waals surface area contributed by atoms with E-state index in [1.54, 1.807) is 0 Å². The molecule has 0 atom stereocenters. The van der Waals surface area contributed by atoms with Crippen LogP contribution < -0.4 is 0 Å². The largest absolute Gasteiger partial charge is 0.306 e. The van der Waals surface area contributed by atoms with Gasteiger partial charge in [0, 0.05) is 0 Å². The van der Waals surface area contributed by atoms with Crippen LogP contribution in [0.1, 0.15) is 46.5 Å². The maximum atomic E-state index is 2.45. The van der Waals surface area contributed by atoms with Gasteiger partial charge in [-0.15, -0.1) is 0 Å². The van der Waals surface area contributed by atoms with E-state index in [-0.39, 0.29) is 0 Å². The molecule has 0 aromatic heterocycles. The quantitative estimate of drug-likeness (QED) is 0.635. The molecule has 0 amide bonds. The molecule has 0 aromatic carbocycles. The molecule has 1 nitrogen and oxygen atoms in total. The highest BCUT2D eigenvalue weighted by molar-refractivity contribution is 4.72. The molecular formula is C12H25N. The normalized spacial score (nSPS) is 22.2. The van der Waals surface area contributed by atoms with E-state index >= 15 is 0 Å². The van der Waals surface area contributed by atoms with Gasteiger partial charge in [0.25, 0.3) is 0 Å². The molecule has 0 saturated carbocycles. The zero-order chi connectivity index (χ0) is 9.90. The van der Waals surface area contributed by atoms with Crippen molar-refractivity contribution in [2.45, 2.75) is 46.5 Å². The summed E-state index contributed by atoms with van der Waals surface area (Å²) in [5, 5.41) is 0. The molecule has 0 bridgehead atoms. The van der Waals surface area contributed by atoms with E-state index in [2.05, 4.69) is 32.7 Å². The number of rotatable bonds is 2. The van der Waals surface area contributed by atoms with Crippen molar-refractivity contribution in [1.82, 2.24) is 4.90 Å². The molecule has 0 aromatic rings. The number of likely N-dealkylation sites (tertiary alicyclic amines) is 1. The van der Waals surface area contributed by atoms with Crippen molar-refractivity contribution in [3.8, 4) is 0 Å². The van der Waals surface area contributed by atoms with E-state index in [9.17, 15) is 0 Å². The van der Waals surface area contributed by atoms with E-state index < -0.39 is 0 Å². The Kier molecular flexibility index (Phi) is 3.78. The molecule has 0 N–H and O–H groups in total. The molecule has 1 heterocycles. The third-order valence-corrected chi connectivity index (χ3v) is 3.14. The molecule has 1 heteroatoms. The molecular weight excluding hydrogens is 158 g/mol. The van der Waals surface area contributed by atoms with Gasteiger partial charge in [0.1, 0.15) is 0 Å². The topological polar surface area (TPSA) is 3.24 Å². The molecule has 0 radical (unpaired) electrons. The summed E-state index contributed by atoms with van der Waals surface area (Å²) < 4.78 is 0. The lowest BCUT2D eigenvalue weighted by Crippen LogP contribution is -2.30. The first kappa shape index (κ1) is 11.0. The SMILES string of the molecule is CN1CCC(CCC(C)(C)C)CC1. The second-order valence-corrected chi connectivity index (χ2v) is 5.85. The summed E-state index contributed by atoms with van der Waals surface area (Å²) in [6.45, 7) is 9.68. The van der Waals surface area contributed by atoms with E-state index in [1.165, 1.54) is 38.8 Å². The van der Waals surface area contributed by atoms with Gasteiger partial charge in [-0.2, -0.15) is 0 Å². The maximum Gasteiger partial charge on any atom is -0.00191 e. The molecule has 13 heavy (non-hydrogen) atoms. The number of hydrogen-bond donors (Lipinski definition) is 0. The van der Waals surface area contributed by atoms with Crippen LogP contribution >= 0.6 is 0 Å². The van der Waals surface area contributed by atoms with Crippen molar-refractivity contribution in [1.29, 1.82) is 0 Å². The van der Waals surface area contributed by atoms with Gasteiger partial charge < -0.3 is 4.90 Å². The van der Waals surface area contributed by atoms with Gasteiger partial charge in [0.15, 0.2) is 0 Å². The second-order valence-electron chi connectivity index (χ2n) is 5.85. The molecule has 0 aliphatic carbocycles. The molecule has 1 saturated heterocycles. The first-order chi connectivity index (χ1) is 5.97. The number of nitrogens with zero attached hydrogens (tertiary/aromatic N) is 1. The smallest absolute Gasteiger partial charge is 0.00191 e. The summed E-state index contributed by atoms with van der Waals surface area (Å²) >= 11 is 0. The number of piperidine rings is 1. The Hall–Kier alpha value is -0.0400. The second kappa shape index (κ2) is 4.45. The van der Waals surface area contributed by atoms with Crippen LogP contribution in [0.4, 0.5) is 0 Å². The summed E-state index contributed by atoms with van der Waals surface area (Å²) in [5.74, 6) is 1.01. The first-order valence-electron chi connectivity index (χ1n) is 5.66. The highest BCUT2D eigenvalue weighted by atomic mass is 15.1. The number of hydrogen-bond acceptors (Lipinski definition) is 1. The van der Waals surface area contributed by atoms with Gasteiger partial charge in [-0.3, -0.25) is 0 Å². The molecule has 1 fully saturated rings. The van der Waals surface area contributed by atoms with Crippen LogP contribution in [0.3, 0.4) is 0 Å². The molecule has 1 aliphatic rings. The van der Waals surface area contributed by atoms with Gasteiger partial charge in [0.2, 0.25) is 0 Å². The van der Waals surface area contributed by atoms with Gasteiger partial charge in [-0.1, -0.05) is 20.8 Å². The average molecular weight is 183 g/mol. The van der Waals surface area contributed by atoms with Crippen molar-refractivity contribution >= 4 is 0 Å². The van der Waals surface area contributed by atoms with Crippen LogP contribution in [0.2, 0.25) is 0 Å². The predicted octanol–water partition coefficient (Wildman–Crippen LogP) is 3.15. The van der Waals surface area contributed by atoms with Crippen LogP contribution in [0.25, 0.3) is 0 Å². The molecule has 0 spiro atoms. The van der Waals surface area contributed by atoms with Gasteiger partial charge >= 0.3 is 0 Å². The Morgan fingerprint density at radius 2 is 1.69 bits per heavy atom. The summed E-state index contributed by atoms with van der Waals surface area (Å²) in [5.41, 5.74) is 0.531. The first-order valence-corrected chi connectivity index (χ1v) is 5.66. The maximum absolute atomic E-state index is 2.45. The zero-order valence-corrected chi connectivity index (χ0v) is 9.77. The predicted molar refractivity (Wildman–Crippen MR) is 58.9 cm³/mol. The average Bonchev–Trinajstić information content (AvgIpc) is 2.02. The Balaban J connectivity index is 2.16. The van der Waals surface area contributed by atoms with E-state index in [0.29, 0.717) is 5.41 Å². The Labute approximate surface area is 83.5 Å². The van der Waals surface area contributed by atoms with E-state index in [4.69, 9.17) is 0 Å². The standard InChI is InChI=1S/C12H25N/c1-12(2,3)8-5-11-6-9-13(4)10-7-11/h11H,5-10H2,1-4H3. The van der Waals surface area contributed by atoms with Crippen LogP contribution in [-0.2, 0) is 0 Å². The van der Waals surface area contributed by atoms with Crippen molar-refractivity contribution in [2.24, 2.45) is 11.3 Å². The van der Waals surface area contributed by atoms with Gasteiger partial charge in [0.05, 0.1) is 0 Å².